The van der Waals surface area contributed by atoms with Crippen LogP contribution in [-0.4, -0.2) is 14.8 Å². The van der Waals surface area contributed by atoms with E-state index in [4.69, 9.17) is 10.5 Å². The predicted octanol–water partition coefficient (Wildman–Crippen LogP) is 2.88. The van der Waals surface area contributed by atoms with Crippen molar-refractivity contribution in [3.05, 3.63) is 27.6 Å². The fourth-order valence-corrected chi connectivity index (χ4v) is 2.05. The van der Waals surface area contributed by atoms with E-state index in [1.165, 1.54) is 0 Å². The van der Waals surface area contributed by atoms with Crippen molar-refractivity contribution in [2.45, 2.75) is 20.8 Å². The minimum Gasteiger partial charge on any atom is -0.434 e. The van der Waals surface area contributed by atoms with Gasteiger partial charge >= 0.3 is 0 Å². The Labute approximate surface area is 114 Å². The van der Waals surface area contributed by atoms with Gasteiger partial charge in [-0.15, -0.1) is 0 Å². The molecule has 6 heteroatoms. The van der Waals surface area contributed by atoms with Crippen LogP contribution >= 0.6 is 15.9 Å². The number of pyridine rings is 1. The Bertz CT molecular complexity index is 607. The van der Waals surface area contributed by atoms with Crippen LogP contribution in [0.25, 0.3) is 0 Å². The summed E-state index contributed by atoms with van der Waals surface area (Å²) in [6.45, 7) is 5.77. The molecule has 0 aliphatic heterocycles. The minimum atomic E-state index is 0.501. The lowest BCUT2D eigenvalue weighted by molar-refractivity contribution is 0.451. The molecule has 2 aromatic rings. The maximum absolute atomic E-state index is 5.83. The number of anilines is 1. The highest BCUT2D eigenvalue weighted by atomic mass is 79.9. The van der Waals surface area contributed by atoms with Gasteiger partial charge in [-0.25, -0.2) is 4.98 Å². The van der Waals surface area contributed by atoms with Crippen molar-refractivity contribution in [3.8, 4) is 11.6 Å². The van der Waals surface area contributed by atoms with Gasteiger partial charge in [-0.1, -0.05) is 0 Å². The smallest absolute Gasteiger partial charge is 0.234 e. The topological polar surface area (TPSA) is 66.0 Å². The molecule has 0 aromatic carbocycles. The molecule has 2 N–H and O–H groups in total. The van der Waals surface area contributed by atoms with Crippen LogP contribution in [0.4, 0.5) is 5.69 Å². The Morgan fingerprint density at radius 3 is 2.56 bits per heavy atom. The lowest BCUT2D eigenvalue weighted by atomic mass is 10.2. The highest BCUT2D eigenvalue weighted by molar-refractivity contribution is 9.10. The highest BCUT2D eigenvalue weighted by Gasteiger charge is 2.15. The zero-order valence-corrected chi connectivity index (χ0v) is 12.4. The molecule has 0 saturated heterocycles. The number of aryl methyl sites for hydroxylation is 2. The normalized spacial score (nSPS) is 10.7. The van der Waals surface area contributed by atoms with E-state index in [1.807, 2.05) is 27.8 Å². The van der Waals surface area contributed by atoms with Crippen molar-refractivity contribution in [2.24, 2.45) is 7.05 Å². The summed E-state index contributed by atoms with van der Waals surface area (Å²) < 4.78 is 8.38. The predicted molar refractivity (Wildman–Crippen MR) is 73.8 cm³/mol. The number of ether oxygens (including phenoxy) is 1. The van der Waals surface area contributed by atoms with E-state index in [2.05, 4.69) is 26.0 Å². The molecule has 0 fully saturated rings. The van der Waals surface area contributed by atoms with Gasteiger partial charge in [0, 0.05) is 7.05 Å². The van der Waals surface area contributed by atoms with Crippen molar-refractivity contribution in [1.29, 1.82) is 0 Å². The van der Waals surface area contributed by atoms with E-state index < -0.39 is 0 Å². The van der Waals surface area contributed by atoms with Crippen LogP contribution in [0.15, 0.2) is 10.7 Å². The number of hydrogen-bond donors (Lipinski definition) is 1. The molecule has 96 valence electrons. The summed E-state index contributed by atoms with van der Waals surface area (Å²) in [7, 11) is 1.88. The molecule has 0 spiro atoms. The lowest BCUT2D eigenvalue weighted by Crippen LogP contribution is -1.97. The van der Waals surface area contributed by atoms with E-state index in [0.29, 0.717) is 11.6 Å². The fourth-order valence-electron chi connectivity index (χ4n) is 1.64. The van der Waals surface area contributed by atoms with Crippen LogP contribution in [0.3, 0.4) is 0 Å². The van der Waals surface area contributed by atoms with Gasteiger partial charge < -0.3 is 10.5 Å². The van der Waals surface area contributed by atoms with Crippen molar-refractivity contribution >= 4 is 21.6 Å². The molecule has 0 radical (unpaired) electrons. The maximum Gasteiger partial charge on any atom is 0.234 e. The first kappa shape index (κ1) is 12.9. The molecule has 0 atom stereocenters. The van der Waals surface area contributed by atoms with Crippen molar-refractivity contribution in [1.82, 2.24) is 14.8 Å². The van der Waals surface area contributed by atoms with E-state index >= 15 is 0 Å². The van der Waals surface area contributed by atoms with Crippen molar-refractivity contribution in [2.75, 3.05) is 5.73 Å². The van der Waals surface area contributed by atoms with Gasteiger partial charge in [0.15, 0.2) is 5.75 Å². The van der Waals surface area contributed by atoms with E-state index in [0.717, 1.165) is 27.2 Å². The monoisotopic (exact) mass is 310 g/mol. The number of nitrogens with two attached hydrogens (primary N) is 1. The molecular formula is C12H15BrN4O. The third kappa shape index (κ3) is 2.08. The van der Waals surface area contributed by atoms with Crippen LogP contribution in [0.2, 0.25) is 0 Å². The molecule has 0 aliphatic carbocycles. The number of nitrogens with zero attached hydrogens (tertiary/aromatic N) is 3. The quantitative estimate of drug-likeness (QED) is 0.926. The molecule has 0 aliphatic rings. The average Bonchev–Trinajstić information content (AvgIpc) is 2.56. The summed E-state index contributed by atoms with van der Waals surface area (Å²) in [6.07, 6.45) is 1.59. The second-order valence-electron chi connectivity index (χ2n) is 4.18. The van der Waals surface area contributed by atoms with Gasteiger partial charge in [-0.3, -0.25) is 4.68 Å². The maximum atomic E-state index is 5.83. The van der Waals surface area contributed by atoms with Crippen LogP contribution in [0.5, 0.6) is 11.6 Å². The molecule has 2 rings (SSSR count). The zero-order chi connectivity index (χ0) is 13.4. The van der Waals surface area contributed by atoms with Crippen molar-refractivity contribution in [3.63, 3.8) is 0 Å². The van der Waals surface area contributed by atoms with E-state index in [9.17, 15) is 0 Å². The van der Waals surface area contributed by atoms with Crippen LogP contribution in [0, 0.1) is 20.8 Å². The van der Waals surface area contributed by atoms with Gasteiger partial charge in [-0.2, -0.15) is 5.10 Å². The molecule has 18 heavy (non-hydrogen) atoms. The van der Waals surface area contributed by atoms with Crippen molar-refractivity contribution < 1.29 is 4.74 Å². The summed E-state index contributed by atoms with van der Waals surface area (Å²) in [5.74, 6) is 1.23. The van der Waals surface area contributed by atoms with Gasteiger partial charge in [0.2, 0.25) is 5.88 Å². The summed E-state index contributed by atoms with van der Waals surface area (Å²) in [4.78, 5) is 4.19. The van der Waals surface area contributed by atoms with Gasteiger partial charge in [0.25, 0.3) is 0 Å². The van der Waals surface area contributed by atoms with Gasteiger partial charge in [0.1, 0.15) is 5.69 Å². The Kier molecular flexibility index (Phi) is 3.30. The first-order chi connectivity index (χ1) is 8.41. The molecule has 2 aromatic heterocycles. The highest BCUT2D eigenvalue weighted by Crippen LogP contribution is 2.34. The first-order valence-electron chi connectivity index (χ1n) is 5.50. The van der Waals surface area contributed by atoms with Crippen LogP contribution in [-0.2, 0) is 7.05 Å². The minimum absolute atomic E-state index is 0.501. The number of hydrogen-bond acceptors (Lipinski definition) is 4. The zero-order valence-electron chi connectivity index (χ0n) is 10.8. The Balaban J connectivity index is 2.44. The van der Waals surface area contributed by atoms with Crippen LogP contribution in [0.1, 0.15) is 17.0 Å². The Morgan fingerprint density at radius 1 is 1.33 bits per heavy atom. The third-order valence-corrected chi connectivity index (χ3v) is 3.85. The molecule has 0 saturated carbocycles. The van der Waals surface area contributed by atoms with E-state index in [1.54, 1.807) is 10.9 Å². The SMILES string of the molecule is Cc1nn(C)c(C)c1Oc1ncc(N)c(C)c1Br. The molecule has 0 amide bonds. The molecule has 0 bridgehead atoms. The first-order valence-corrected chi connectivity index (χ1v) is 6.29. The number of nitrogen functional groups attached to an aromatic ring is 1. The Hall–Kier alpha value is -1.56. The second kappa shape index (κ2) is 4.61. The largest absolute Gasteiger partial charge is 0.434 e. The lowest BCUT2D eigenvalue weighted by Gasteiger charge is -2.10. The van der Waals surface area contributed by atoms with Gasteiger partial charge in [-0.05, 0) is 42.3 Å². The van der Waals surface area contributed by atoms with Gasteiger partial charge in [0.05, 0.1) is 22.1 Å². The Morgan fingerprint density at radius 2 is 2.00 bits per heavy atom. The summed E-state index contributed by atoms with van der Waals surface area (Å²) in [6, 6.07) is 0. The summed E-state index contributed by atoms with van der Waals surface area (Å²) >= 11 is 3.45. The number of halogens is 1. The summed E-state index contributed by atoms with van der Waals surface area (Å²) in [5.41, 5.74) is 9.12. The third-order valence-electron chi connectivity index (χ3n) is 2.91. The summed E-state index contributed by atoms with van der Waals surface area (Å²) in [5, 5.41) is 4.30. The fraction of sp³-hybridized carbons (Fsp3) is 0.333. The molecular weight excluding hydrogens is 296 g/mol. The van der Waals surface area contributed by atoms with E-state index in [-0.39, 0.29) is 0 Å². The average molecular weight is 311 g/mol. The molecule has 2 heterocycles. The molecule has 5 nitrogen and oxygen atoms in total. The molecule has 0 unspecified atom stereocenters. The number of aromatic nitrogens is 3. The standard InChI is InChI=1S/C12H15BrN4O/c1-6-9(14)5-15-12(10(6)13)18-11-7(2)16-17(4)8(11)3/h5H,14H2,1-4H3. The number of rotatable bonds is 2. The second-order valence-corrected chi connectivity index (χ2v) is 4.98. The van der Waals surface area contributed by atoms with Crippen LogP contribution < -0.4 is 10.5 Å².